The summed E-state index contributed by atoms with van der Waals surface area (Å²) in [5.74, 6) is 0. The highest BCUT2D eigenvalue weighted by atomic mass is 79.9. The molecule has 0 aliphatic carbocycles. The Kier molecular flexibility index (Phi) is 4.13. The fraction of sp³-hybridized carbons (Fsp3) is 0.231. The third-order valence-corrected chi connectivity index (χ3v) is 4.50. The third-order valence-electron chi connectivity index (χ3n) is 2.59. The first-order valence-electron chi connectivity index (χ1n) is 5.34. The summed E-state index contributed by atoms with van der Waals surface area (Å²) in [6, 6.07) is 10.5. The Hall–Kier alpha value is -0.510. The van der Waals surface area contributed by atoms with Crippen molar-refractivity contribution in [1.29, 1.82) is 0 Å². The number of rotatable bonds is 3. The van der Waals surface area contributed by atoms with Crippen molar-refractivity contribution < 1.29 is 0 Å². The predicted octanol–water partition coefficient (Wildman–Crippen LogP) is 5.65. The van der Waals surface area contributed by atoms with Crippen LogP contribution in [-0.4, -0.2) is 0 Å². The van der Waals surface area contributed by atoms with Crippen LogP contribution in [0.3, 0.4) is 0 Å². The molecule has 1 aromatic heterocycles. The largest absolute Gasteiger partial charge is 0.377 e. The molecule has 0 saturated heterocycles. The molecule has 0 spiro atoms. The molecule has 0 saturated carbocycles. The Labute approximate surface area is 119 Å². The summed E-state index contributed by atoms with van der Waals surface area (Å²) in [7, 11) is 0. The van der Waals surface area contributed by atoms with Gasteiger partial charge in [0.1, 0.15) is 0 Å². The van der Waals surface area contributed by atoms with Crippen LogP contribution in [0.15, 0.2) is 34.8 Å². The van der Waals surface area contributed by atoms with E-state index < -0.39 is 0 Å². The minimum Gasteiger partial charge on any atom is -0.377 e. The third kappa shape index (κ3) is 3.24. The molecular formula is C13H13BrClNS. The maximum Gasteiger partial charge on any atom is 0.0932 e. The Balaban J connectivity index is 2.18. The van der Waals surface area contributed by atoms with Gasteiger partial charge in [0.15, 0.2) is 0 Å². The van der Waals surface area contributed by atoms with Crippen LogP contribution in [0.5, 0.6) is 0 Å². The second-order valence-electron chi connectivity index (χ2n) is 3.97. The lowest BCUT2D eigenvalue weighted by molar-refractivity contribution is 0.905. The van der Waals surface area contributed by atoms with Gasteiger partial charge in [-0.05, 0) is 43.7 Å². The molecule has 4 heteroatoms. The highest BCUT2D eigenvalue weighted by molar-refractivity contribution is 9.10. The Morgan fingerprint density at radius 3 is 2.71 bits per heavy atom. The summed E-state index contributed by atoms with van der Waals surface area (Å²) in [5, 5.41) is 3.50. The van der Waals surface area contributed by atoms with E-state index in [4.69, 9.17) is 11.6 Å². The molecule has 90 valence electrons. The van der Waals surface area contributed by atoms with Crippen LogP contribution < -0.4 is 5.32 Å². The van der Waals surface area contributed by atoms with E-state index in [1.54, 1.807) is 11.3 Å². The van der Waals surface area contributed by atoms with E-state index in [0.29, 0.717) is 0 Å². The minimum atomic E-state index is 0.264. The lowest BCUT2D eigenvalue weighted by Gasteiger charge is -2.16. The smallest absolute Gasteiger partial charge is 0.0932 e. The predicted molar refractivity (Wildman–Crippen MR) is 80.2 cm³/mol. The zero-order valence-corrected chi connectivity index (χ0v) is 12.8. The molecule has 0 fully saturated rings. The number of halogens is 2. The topological polar surface area (TPSA) is 12.0 Å². The molecular weight excluding hydrogens is 318 g/mol. The van der Waals surface area contributed by atoms with Crippen molar-refractivity contribution >= 4 is 44.6 Å². The summed E-state index contributed by atoms with van der Waals surface area (Å²) in [4.78, 5) is 1.24. The van der Waals surface area contributed by atoms with E-state index in [1.807, 2.05) is 12.1 Å². The normalized spacial score (nSPS) is 12.5. The number of anilines is 1. The molecule has 0 aliphatic rings. The van der Waals surface area contributed by atoms with Crippen molar-refractivity contribution in [2.45, 2.75) is 19.9 Å². The van der Waals surface area contributed by atoms with E-state index in [0.717, 1.165) is 14.5 Å². The van der Waals surface area contributed by atoms with Crippen molar-refractivity contribution in [2.24, 2.45) is 0 Å². The first kappa shape index (κ1) is 12.9. The quantitative estimate of drug-likeness (QED) is 0.767. The molecule has 17 heavy (non-hydrogen) atoms. The summed E-state index contributed by atoms with van der Waals surface area (Å²) >= 11 is 11.1. The molecule has 0 amide bonds. The van der Waals surface area contributed by atoms with Gasteiger partial charge in [-0.1, -0.05) is 33.6 Å². The molecule has 1 nitrogen and oxygen atoms in total. The Morgan fingerprint density at radius 1 is 1.29 bits per heavy atom. The Morgan fingerprint density at radius 2 is 2.06 bits per heavy atom. The SMILES string of the molecule is Cc1ccc(Br)cc1NC(C)c1ccc(Cl)s1. The average molecular weight is 331 g/mol. The van der Waals surface area contributed by atoms with Gasteiger partial charge in [-0.2, -0.15) is 0 Å². The Bertz CT molecular complexity index is 524. The van der Waals surface area contributed by atoms with Crippen LogP contribution in [0.1, 0.15) is 23.4 Å². The first-order valence-corrected chi connectivity index (χ1v) is 7.33. The van der Waals surface area contributed by atoms with Gasteiger partial charge in [0.05, 0.1) is 10.4 Å². The fourth-order valence-corrected chi connectivity index (χ4v) is 3.04. The second kappa shape index (κ2) is 5.42. The highest BCUT2D eigenvalue weighted by Gasteiger charge is 2.09. The number of hydrogen-bond acceptors (Lipinski definition) is 2. The van der Waals surface area contributed by atoms with Gasteiger partial charge < -0.3 is 5.32 Å². The minimum absolute atomic E-state index is 0.264. The number of nitrogens with one attached hydrogen (secondary N) is 1. The number of hydrogen-bond donors (Lipinski definition) is 1. The van der Waals surface area contributed by atoms with E-state index in [-0.39, 0.29) is 6.04 Å². The highest BCUT2D eigenvalue weighted by Crippen LogP contribution is 2.30. The van der Waals surface area contributed by atoms with Crippen LogP contribution in [0.4, 0.5) is 5.69 Å². The molecule has 1 unspecified atom stereocenters. The molecule has 2 rings (SSSR count). The summed E-state index contributed by atoms with van der Waals surface area (Å²) in [6.45, 7) is 4.24. The van der Waals surface area contributed by atoms with Crippen LogP contribution in [0.2, 0.25) is 4.34 Å². The number of thiophene rings is 1. The molecule has 0 aliphatic heterocycles. The average Bonchev–Trinajstić information content (AvgIpc) is 2.70. The van der Waals surface area contributed by atoms with Crippen LogP contribution >= 0.6 is 38.9 Å². The summed E-state index contributed by atoms with van der Waals surface area (Å²) in [5.41, 5.74) is 2.39. The van der Waals surface area contributed by atoms with Crippen molar-refractivity contribution in [1.82, 2.24) is 0 Å². The maximum atomic E-state index is 5.95. The molecule has 2 aromatic rings. The second-order valence-corrected chi connectivity index (χ2v) is 6.63. The summed E-state index contributed by atoms with van der Waals surface area (Å²) < 4.78 is 1.92. The van der Waals surface area contributed by atoms with Gasteiger partial charge in [-0.25, -0.2) is 0 Å². The van der Waals surface area contributed by atoms with Gasteiger partial charge in [0, 0.05) is 15.0 Å². The van der Waals surface area contributed by atoms with Gasteiger partial charge in [0.25, 0.3) is 0 Å². The standard InChI is InChI=1S/C13H13BrClNS/c1-8-3-4-10(14)7-11(8)16-9(2)12-5-6-13(15)17-12/h3-7,9,16H,1-2H3. The van der Waals surface area contributed by atoms with Crippen molar-refractivity contribution in [2.75, 3.05) is 5.32 Å². The van der Waals surface area contributed by atoms with Crippen molar-refractivity contribution in [3.63, 3.8) is 0 Å². The van der Waals surface area contributed by atoms with Crippen molar-refractivity contribution in [3.05, 3.63) is 49.6 Å². The molecule has 1 heterocycles. The van der Waals surface area contributed by atoms with Crippen LogP contribution in [0, 0.1) is 6.92 Å². The molecule has 1 atom stereocenters. The zero-order chi connectivity index (χ0) is 12.4. The maximum absolute atomic E-state index is 5.95. The first-order chi connectivity index (χ1) is 8.06. The van der Waals surface area contributed by atoms with Gasteiger partial charge in [-0.3, -0.25) is 0 Å². The van der Waals surface area contributed by atoms with Crippen LogP contribution in [-0.2, 0) is 0 Å². The lowest BCUT2D eigenvalue weighted by atomic mass is 10.2. The van der Waals surface area contributed by atoms with E-state index >= 15 is 0 Å². The summed E-state index contributed by atoms with van der Waals surface area (Å²) in [6.07, 6.45) is 0. The van der Waals surface area contributed by atoms with E-state index in [1.165, 1.54) is 10.4 Å². The van der Waals surface area contributed by atoms with E-state index in [9.17, 15) is 0 Å². The number of aryl methyl sites for hydroxylation is 1. The molecule has 0 bridgehead atoms. The number of benzene rings is 1. The monoisotopic (exact) mass is 329 g/mol. The zero-order valence-electron chi connectivity index (χ0n) is 9.63. The molecule has 1 N–H and O–H groups in total. The fourth-order valence-electron chi connectivity index (χ4n) is 1.62. The van der Waals surface area contributed by atoms with Crippen LogP contribution in [0.25, 0.3) is 0 Å². The lowest BCUT2D eigenvalue weighted by Crippen LogP contribution is -2.05. The van der Waals surface area contributed by atoms with E-state index in [2.05, 4.69) is 53.3 Å². The van der Waals surface area contributed by atoms with Gasteiger partial charge in [-0.15, -0.1) is 11.3 Å². The van der Waals surface area contributed by atoms with Gasteiger partial charge in [0.2, 0.25) is 0 Å². The van der Waals surface area contributed by atoms with Crippen molar-refractivity contribution in [3.8, 4) is 0 Å². The molecule has 1 aromatic carbocycles. The molecule has 0 radical (unpaired) electrons. The van der Waals surface area contributed by atoms with Gasteiger partial charge >= 0.3 is 0 Å².